The van der Waals surface area contributed by atoms with Gasteiger partial charge >= 0.3 is 6.18 Å². The number of hydrogen-bond donors (Lipinski definition) is 0. The van der Waals surface area contributed by atoms with Crippen molar-refractivity contribution in [3.05, 3.63) is 54.1 Å². The molecule has 0 bridgehead atoms. The summed E-state index contributed by atoms with van der Waals surface area (Å²) in [4.78, 5) is 23.7. The first-order valence-corrected chi connectivity index (χ1v) is 9.88. The van der Waals surface area contributed by atoms with E-state index in [1.807, 2.05) is 24.3 Å². The van der Waals surface area contributed by atoms with Crippen LogP contribution in [-0.2, 0) is 13.2 Å². The molecule has 0 unspecified atom stereocenters. The van der Waals surface area contributed by atoms with Crippen molar-refractivity contribution in [3.63, 3.8) is 0 Å². The van der Waals surface area contributed by atoms with E-state index in [1.54, 1.807) is 30.0 Å². The molecule has 0 radical (unpaired) electrons. The zero-order chi connectivity index (χ0) is 22.9. The quantitative estimate of drug-likeness (QED) is 0.614. The number of carbonyl (C=O) groups excluding carboxylic acids is 1. The first kappa shape index (κ1) is 21.6. The van der Waals surface area contributed by atoms with E-state index in [2.05, 4.69) is 15.1 Å². The summed E-state index contributed by atoms with van der Waals surface area (Å²) in [5, 5.41) is 4.45. The van der Waals surface area contributed by atoms with Gasteiger partial charge in [0.2, 0.25) is 0 Å². The number of aryl methyl sites for hydroxylation is 1. The van der Waals surface area contributed by atoms with Gasteiger partial charge in [-0.25, -0.2) is 9.97 Å². The highest BCUT2D eigenvalue weighted by molar-refractivity contribution is 5.94. The lowest BCUT2D eigenvalue weighted by atomic mass is 10.1. The number of rotatable bonds is 4. The van der Waals surface area contributed by atoms with E-state index < -0.39 is 11.9 Å². The zero-order valence-electron chi connectivity index (χ0n) is 17.5. The molecule has 3 heterocycles. The van der Waals surface area contributed by atoms with Crippen LogP contribution in [0.3, 0.4) is 0 Å². The van der Waals surface area contributed by atoms with Gasteiger partial charge in [-0.05, 0) is 18.2 Å². The lowest BCUT2D eigenvalue weighted by Crippen LogP contribution is -2.49. The van der Waals surface area contributed by atoms with Crippen molar-refractivity contribution in [1.82, 2.24) is 24.6 Å². The Kier molecular flexibility index (Phi) is 5.72. The van der Waals surface area contributed by atoms with Crippen LogP contribution >= 0.6 is 0 Å². The molecule has 0 N–H and O–H groups in total. The Hall–Kier alpha value is -3.63. The molecule has 2 aromatic heterocycles. The standard InChI is InChI=1S/C21H21F3N6O2/c1-28-17(11-16(27-28)14-4-3-5-15(10-14)32-2)20(31)30-8-6-29(7-9-30)19-12-18(21(22,23)24)25-13-26-19/h3-5,10-13H,6-9H2,1-2H3. The Morgan fingerprint density at radius 2 is 1.81 bits per heavy atom. The summed E-state index contributed by atoms with van der Waals surface area (Å²) in [7, 11) is 3.28. The van der Waals surface area contributed by atoms with Gasteiger partial charge in [-0.2, -0.15) is 18.3 Å². The second-order valence-corrected chi connectivity index (χ2v) is 7.31. The van der Waals surface area contributed by atoms with Crippen LogP contribution in [-0.4, -0.2) is 63.8 Å². The summed E-state index contributed by atoms with van der Waals surface area (Å²) in [5.41, 5.74) is 0.917. The predicted molar refractivity (Wildman–Crippen MR) is 110 cm³/mol. The maximum atomic E-state index is 13.1. The summed E-state index contributed by atoms with van der Waals surface area (Å²) in [5.74, 6) is 0.697. The van der Waals surface area contributed by atoms with Gasteiger partial charge in [0, 0.05) is 44.9 Å². The molecule has 0 aliphatic carbocycles. The number of anilines is 1. The molecular weight excluding hydrogens is 425 g/mol. The van der Waals surface area contributed by atoms with Crippen LogP contribution in [0.25, 0.3) is 11.3 Å². The van der Waals surface area contributed by atoms with Gasteiger partial charge < -0.3 is 14.5 Å². The molecule has 3 aromatic rings. The van der Waals surface area contributed by atoms with E-state index in [0.29, 0.717) is 43.3 Å². The Balaban J connectivity index is 1.46. The molecule has 0 atom stereocenters. The van der Waals surface area contributed by atoms with Crippen LogP contribution in [0.4, 0.5) is 19.0 Å². The van der Waals surface area contributed by atoms with Crippen LogP contribution in [0.1, 0.15) is 16.2 Å². The number of piperazine rings is 1. The number of alkyl halides is 3. The predicted octanol–water partition coefficient (Wildman–Crippen LogP) is 2.87. The lowest BCUT2D eigenvalue weighted by Gasteiger charge is -2.35. The highest BCUT2D eigenvalue weighted by Crippen LogP contribution is 2.29. The van der Waals surface area contributed by atoms with E-state index in [-0.39, 0.29) is 11.7 Å². The van der Waals surface area contributed by atoms with E-state index in [1.165, 1.54) is 4.68 Å². The normalized spacial score (nSPS) is 14.5. The van der Waals surface area contributed by atoms with Gasteiger partial charge in [-0.3, -0.25) is 9.48 Å². The third kappa shape index (κ3) is 4.36. The monoisotopic (exact) mass is 446 g/mol. The molecule has 1 aliphatic rings. The number of methoxy groups -OCH3 is 1. The van der Waals surface area contributed by atoms with E-state index >= 15 is 0 Å². The number of ether oxygens (including phenoxy) is 1. The fourth-order valence-corrected chi connectivity index (χ4v) is 3.57. The fourth-order valence-electron chi connectivity index (χ4n) is 3.57. The number of hydrogen-bond acceptors (Lipinski definition) is 6. The van der Waals surface area contributed by atoms with Crippen molar-refractivity contribution >= 4 is 11.7 Å². The minimum absolute atomic E-state index is 0.188. The van der Waals surface area contributed by atoms with Crippen LogP contribution in [0, 0.1) is 0 Å². The second-order valence-electron chi connectivity index (χ2n) is 7.31. The number of benzene rings is 1. The Morgan fingerprint density at radius 1 is 1.06 bits per heavy atom. The Bertz CT molecular complexity index is 1120. The third-order valence-corrected chi connectivity index (χ3v) is 5.30. The average molecular weight is 446 g/mol. The van der Waals surface area contributed by atoms with Gasteiger partial charge in [-0.15, -0.1) is 0 Å². The Labute approximate surface area is 182 Å². The number of amides is 1. The van der Waals surface area contributed by atoms with Crippen LogP contribution < -0.4 is 9.64 Å². The van der Waals surface area contributed by atoms with Crippen molar-refractivity contribution in [2.75, 3.05) is 38.2 Å². The highest BCUT2D eigenvalue weighted by atomic mass is 19.4. The summed E-state index contributed by atoms with van der Waals surface area (Å²) >= 11 is 0. The first-order chi connectivity index (χ1) is 15.3. The third-order valence-electron chi connectivity index (χ3n) is 5.30. The van der Waals surface area contributed by atoms with E-state index in [0.717, 1.165) is 18.0 Å². The zero-order valence-corrected chi connectivity index (χ0v) is 17.5. The summed E-state index contributed by atoms with van der Waals surface area (Å²) in [6.07, 6.45) is -3.62. The molecule has 11 heteroatoms. The van der Waals surface area contributed by atoms with Crippen molar-refractivity contribution in [1.29, 1.82) is 0 Å². The molecule has 0 spiro atoms. The topological polar surface area (TPSA) is 76.4 Å². The van der Waals surface area contributed by atoms with E-state index in [9.17, 15) is 18.0 Å². The molecule has 1 aromatic carbocycles. The van der Waals surface area contributed by atoms with Crippen LogP contribution in [0.15, 0.2) is 42.7 Å². The van der Waals surface area contributed by atoms with Gasteiger partial charge in [0.05, 0.1) is 12.8 Å². The number of carbonyl (C=O) groups is 1. The molecule has 32 heavy (non-hydrogen) atoms. The van der Waals surface area contributed by atoms with Gasteiger partial charge in [0.25, 0.3) is 5.91 Å². The number of nitrogens with zero attached hydrogens (tertiary/aromatic N) is 6. The molecule has 1 fully saturated rings. The van der Waals surface area contributed by atoms with Gasteiger partial charge in [0.15, 0.2) is 0 Å². The van der Waals surface area contributed by atoms with Gasteiger partial charge in [-0.1, -0.05) is 12.1 Å². The molecule has 1 saturated heterocycles. The smallest absolute Gasteiger partial charge is 0.433 e. The fraction of sp³-hybridized carbons (Fsp3) is 0.333. The minimum Gasteiger partial charge on any atom is -0.497 e. The van der Waals surface area contributed by atoms with Crippen LogP contribution in [0.2, 0.25) is 0 Å². The molecule has 1 amide bonds. The summed E-state index contributed by atoms with van der Waals surface area (Å²) < 4.78 is 45.5. The Morgan fingerprint density at radius 3 is 2.50 bits per heavy atom. The molecular formula is C21H21F3N6O2. The summed E-state index contributed by atoms with van der Waals surface area (Å²) in [6.45, 7) is 1.43. The van der Waals surface area contributed by atoms with Crippen LogP contribution in [0.5, 0.6) is 5.75 Å². The largest absolute Gasteiger partial charge is 0.497 e. The van der Waals surface area contributed by atoms with Crippen molar-refractivity contribution in [2.45, 2.75) is 6.18 Å². The minimum atomic E-state index is -4.53. The van der Waals surface area contributed by atoms with Gasteiger partial charge in [0.1, 0.15) is 29.3 Å². The number of aromatic nitrogens is 4. The molecule has 168 valence electrons. The lowest BCUT2D eigenvalue weighted by molar-refractivity contribution is -0.141. The van der Waals surface area contributed by atoms with Crippen molar-refractivity contribution < 1.29 is 22.7 Å². The van der Waals surface area contributed by atoms with E-state index in [4.69, 9.17) is 4.74 Å². The maximum Gasteiger partial charge on any atom is 0.433 e. The number of halogens is 3. The van der Waals surface area contributed by atoms with Crippen molar-refractivity contribution in [2.24, 2.45) is 7.05 Å². The molecule has 8 nitrogen and oxygen atoms in total. The van der Waals surface area contributed by atoms with Crippen molar-refractivity contribution in [3.8, 4) is 17.0 Å². The molecule has 0 saturated carbocycles. The first-order valence-electron chi connectivity index (χ1n) is 9.88. The maximum absolute atomic E-state index is 13.1. The molecule has 4 rings (SSSR count). The summed E-state index contributed by atoms with van der Waals surface area (Å²) in [6, 6.07) is 10.1. The molecule has 1 aliphatic heterocycles. The highest BCUT2D eigenvalue weighted by Gasteiger charge is 2.34. The SMILES string of the molecule is COc1cccc(-c2cc(C(=O)N3CCN(c4cc(C(F)(F)F)ncn4)CC3)n(C)n2)c1. The second kappa shape index (κ2) is 8.48. The average Bonchev–Trinajstić information content (AvgIpc) is 3.20.